The molecule has 0 unspecified atom stereocenters. The average molecular weight is 482 g/mol. The van der Waals surface area contributed by atoms with Crippen molar-refractivity contribution in [3.8, 4) is 11.3 Å². The Hall–Kier alpha value is -3.24. The molecular weight excluding hydrogens is 466 g/mol. The van der Waals surface area contributed by atoms with Crippen LogP contribution in [0.15, 0.2) is 36.4 Å². The van der Waals surface area contributed by atoms with Gasteiger partial charge in [0.25, 0.3) is 5.91 Å². The molecule has 1 aromatic heterocycles. The first-order valence-electron chi connectivity index (χ1n) is 9.84. The normalized spacial score (nSPS) is 14.0. The summed E-state index contributed by atoms with van der Waals surface area (Å²) in [6.45, 7) is 0.912. The van der Waals surface area contributed by atoms with Crippen LogP contribution in [0.4, 0.5) is 17.6 Å². The van der Waals surface area contributed by atoms with Crippen LogP contribution in [0.3, 0.4) is 0 Å². The fourth-order valence-corrected chi connectivity index (χ4v) is 4.11. The number of carbonyl (C=O) groups is 2. The molecule has 172 valence electrons. The second-order valence-corrected chi connectivity index (χ2v) is 7.81. The van der Waals surface area contributed by atoms with E-state index in [0.717, 1.165) is 22.9 Å². The van der Waals surface area contributed by atoms with Gasteiger partial charge in [-0.15, -0.1) is 0 Å². The molecule has 0 radical (unpaired) electrons. The molecular formula is C22H16ClF4N3O3. The number of nitrogens with one attached hydrogen (secondary N) is 1. The first kappa shape index (κ1) is 22.9. The molecule has 11 heteroatoms. The number of carboxylic acid groups (broad SMARTS) is 1. The Morgan fingerprint density at radius 3 is 2.52 bits per heavy atom. The molecule has 0 amide bonds. The maximum atomic E-state index is 14.8. The first-order valence-corrected chi connectivity index (χ1v) is 10.2. The monoisotopic (exact) mass is 481 g/mol. The lowest BCUT2D eigenvalue weighted by Gasteiger charge is -2.14. The van der Waals surface area contributed by atoms with Crippen molar-refractivity contribution in [2.24, 2.45) is 0 Å². The Balaban J connectivity index is 1.92. The Bertz CT molecular complexity index is 1270. The Kier molecular flexibility index (Phi) is 5.98. The van der Waals surface area contributed by atoms with Crippen LogP contribution in [0.1, 0.15) is 37.5 Å². The molecule has 33 heavy (non-hydrogen) atoms. The van der Waals surface area contributed by atoms with Gasteiger partial charge in [-0.25, -0.2) is 9.18 Å². The van der Waals surface area contributed by atoms with Crippen molar-refractivity contribution in [1.29, 1.82) is 0 Å². The molecule has 2 aromatic carbocycles. The van der Waals surface area contributed by atoms with Crippen LogP contribution in [-0.4, -0.2) is 39.9 Å². The minimum atomic E-state index is -4.83. The number of benzene rings is 2. The van der Waals surface area contributed by atoms with Crippen LogP contribution in [-0.2, 0) is 19.0 Å². The van der Waals surface area contributed by atoms with E-state index in [9.17, 15) is 27.2 Å². The van der Waals surface area contributed by atoms with Gasteiger partial charge in [-0.2, -0.15) is 23.0 Å². The zero-order chi connectivity index (χ0) is 23.9. The van der Waals surface area contributed by atoms with Gasteiger partial charge >= 0.3 is 12.1 Å². The number of hydrogen-bond acceptors (Lipinski definition) is 4. The second-order valence-electron chi connectivity index (χ2n) is 7.40. The molecule has 0 aliphatic carbocycles. The van der Waals surface area contributed by atoms with Crippen molar-refractivity contribution in [2.45, 2.75) is 19.0 Å². The highest BCUT2D eigenvalue weighted by atomic mass is 35.5. The van der Waals surface area contributed by atoms with E-state index in [1.165, 1.54) is 18.2 Å². The van der Waals surface area contributed by atoms with Crippen molar-refractivity contribution in [2.75, 3.05) is 13.1 Å². The fraction of sp³-hybridized carbons (Fsp3) is 0.227. The number of aromatic nitrogens is 2. The Morgan fingerprint density at radius 1 is 1.12 bits per heavy atom. The number of alkyl halides is 3. The van der Waals surface area contributed by atoms with E-state index >= 15 is 0 Å². The summed E-state index contributed by atoms with van der Waals surface area (Å²) in [5.74, 6) is -3.27. The summed E-state index contributed by atoms with van der Waals surface area (Å²) in [5, 5.41) is 16.0. The van der Waals surface area contributed by atoms with E-state index in [1.54, 1.807) is 0 Å². The van der Waals surface area contributed by atoms with Gasteiger partial charge in [-0.3, -0.25) is 4.79 Å². The van der Waals surface area contributed by atoms with Crippen LogP contribution in [0.25, 0.3) is 11.3 Å². The Morgan fingerprint density at radius 2 is 1.85 bits per heavy atom. The zero-order valence-corrected chi connectivity index (χ0v) is 17.6. The fourth-order valence-electron chi connectivity index (χ4n) is 3.86. The SMILES string of the molecule is O=C(O)c1ccc(-c2nn(C(=O)c3c(Cl)cccc3C(F)(F)F)c3c2CCNCC3)c(F)c1. The van der Waals surface area contributed by atoms with Gasteiger partial charge in [0, 0.05) is 24.1 Å². The van der Waals surface area contributed by atoms with Crippen LogP contribution in [0.5, 0.6) is 0 Å². The molecule has 3 aromatic rings. The third-order valence-electron chi connectivity index (χ3n) is 5.38. The lowest BCUT2D eigenvalue weighted by atomic mass is 10.0. The van der Waals surface area contributed by atoms with Crippen molar-refractivity contribution in [3.05, 3.63) is 75.2 Å². The average Bonchev–Trinajstić information content (AvgIpc) is 2.93. The largest absolute Gasteiger partial charge is 0.478 e. The molecule has 1 aliphatic heterocycles. The summed E-state index contributed by atoms with van der Waals surface area (Å²) in [6.07, 6.45) is -4.23. The molecule has 0 spiro atoms. The van der Waals surface area contributed by atoms with Crippen molar-refractivity contribution in [1.82, 2.24) is 15.1 Å². The number of carboxylic acids is 1. The van der Waals surface area contributed by atoms with Gasteiger partial charge in [0.2, 0.25) is 0 Å². The van der Waals surface area contributed by atoms with E-state index in [2.05, 4.69) is 10.4 Å². The number of rotatable bonds is 3. The standard InChI is InChI=1S/C22H16ClF4N3O3/c23-15-3-1-2-14(22(25,26)27)18(15)20(31)30-17-7-9-28-8-6-13(17)19(29-30)12-5-4-11(21(32)33)10-16(12)24/h1-5,10,28H,6-9H2,(H,32,33). The molecule has 4 rings (SSSR count). The van der Waals surface area contributed by atoms with Crippen LogP contribution in [0.2, 0.25) is 5.02 Å². The smallest absolute Gasteiger partial charge is 0.417 e. The van der Waals surface area contributed by atoms with E-state index < -0.39 is 35.0 Å². The summed E-state index contributed by atoms with van der Waals surface area (Å²) in [4.78, 5) is 24.4. The highest BCUT2D eigenvalue weighted by Gasteiger charge is 2.38. The molecule has 0 saturated carbocycles. The van der Waals surface area contributed by atoms with E-state index in [0.29, 0.717) is 30.8 Å². The molecule has 2 N–H and O–H groups in total. The molecule has 0 atom stereocenters. The minimum Gasteiger partial charge on any atom is -0.478 e. The van der Waals surface area contributed by atoms with Crippen molar-refractivity contribution < 1.29 is 32.3 Å². The highest BCUT2D eigenvalue weighted by molar-refractivity contribution is 6.34. The van der Waals surface area contributed by atoms with E-state index in [-0.39, 0.29) is 28.3 Å². The predicted molar refractivity (Wildman–Crippen MR) is 111 cm³/mol. The summed E-state index contributed by atoms with van der Waals surface area (Å²) in [6, 6.07) is 6.28. The van der Waals surface area contributed by atoms with Gasteiger partial charge in [-0.1, -0.05) is 17.7 Å². The van der Waals surface area contributed by atoms with Crippen LogP contribution < -0.4 is 5.32 Å². The second kappa shape index (κ2) is 8.60. The highest BCUT2D eigenvalue weighted by Crippen LogP contribution is 2.37. The summed E-state index contributed by atoms with van der Waals surface area (Å²) < 4.78 is 56.4. The topological polar surface area (TPSA) is 84.2 Å². The molecule has 6 nitrogen and oxygen atoms in total. The van der Waals surface area contributed by atoms with Gasteiger partial charge < -0.3 is 10.4 Å². The number of fused-ring (bicyclic) bond motifs is 1. The van der Waals surface area contributed by atoms with E-state index in [1.807, 2.05) is 0 Å². The predicted octanol–water partition coefficient (Wildman–Crippen LogP) is 4.44. The number of aromatic carboxylic acids is 1. The zero-order valence-electron chi connectivity index (χ0n) is 16.8. The lowest BCUT2D eigenvalue weighted by Crippen LogP contribution is -2.23. The number of halogens is 5. The molecule has 0 fully saturated rings. The van der Waals surface area contributed by atoms with E-state index in [4.69, 9.17) is 16.7 Å². The maximum Gasteiger partial charge on any atom is 0.417 e. The van der Waals surface area contributed by atoms with Gasteiger partial charge in [-0.05, 0) is 43.3 Å². The lowest BCUT2D eigenvalue weighted by molar-refractivity contribution is -0.137. The molecule has 1 aliphatic rings. The summed E-state index contributed by atoms with van der Waals surface area (Å²) in [5.41, 5.74) is -1.37. The van der Waals surface area contributed by atoms with Gasteiger partial charge in [0.15, 0.2) is 0 Å². The molecule has 2 heterocycles. The number of nitrogens with zero attached hydrogens (tertiary/aromatic N) is 2. The van der Waals surface area contributed by atoms with Gasteiger partial charge in [0.05, 0.1) is 33.1 Å². The maximum absolute atomic E-state index is 14.8. The minimum absolute atomic E-state index is 0.0556. The number of carbonyl (C=O) groups excluding carboxylic acids is 1. The Labute approximate surface area is 189 Å². The third kappa shape index (κ3) is 4.23. The number of hydrogen-bond donors (Lipinski definition) is 2. The third-order valence-corrected chi connectivity index (χ3v) is 5.69. The quantitative estimate of drug-likeness (QED) is 0.540. The van der Waals surface area contributed by atoms with Crippen molar-refractivity contribution in [3.63, 3.8) is 0 Å². The van der Waals surface area contributed by atoms with Crippen LogP contribution >= 0.6 is 11.6 Å². The van der Waals surface area contributed by atoms with Crippen LogP contribution in [0, 0.1) is 5.82 Å². The molecule has 0 saturated heterocycles. The summed E-state index contributed by atoms with van der Waals surface area (Å²) in [7, 11) is 0. The van der Waals surface area contributed by atoms with Crippen molar-refractivity contribution >= 4 is 23.5 Å². The molecule has 0 bridgehead atoms. The summed E-state index contributed by atoms with van der Waals surface area (Å²) >= 11 is 6.00. The first-order chi connectivity index (χ1) is 15.6. The van der Waals surface area contributed by atoms with Gasteiger partial charge in [0.1, 0.15) is 5.82 Å².